The number of carbonyl (C=O) groups excluding carboxylic acids is 3. The predicted molar refractivity (Wildman–Crippen MR) is 135 cm³/mol. The summed E-state index contributed by atoms with van der Waals surface area (Å²) in [6.45, 7) is 6.01. The number of hydrogen-bond acceptors (Lipinski definition) is 6. The van der Waals surface area contributed by atoms with Crippen LogP contribution in [-0.2, 0) is 24.7 Å². The van der Waals surface area contributed by atoms with Crippen molar-refractivity contribution in [2.75, 3.05) is 50.8 Å². The lowest BCUT2D eigenvalue weighted by Gasteiger charge is -2.35. The van der Waals surface area contributed by atoms with Gasteiger partial charge in [0.25, 0.3) is 17.6 Å². The Morgan fingerprint density at radius 2 is 1.70 bits per heavy atom. The molecule has 0 radical (unpaired) electrons. The number of amides is 2. The van der Waals surface area contributed by atoms with Crippen molar-refractivity contribution in [1.82, 2.24) is 9.80 Å². The summed E-state index contributed by atoms with van der Waals surface area (Å²) in [7, 11) is 0. The molecule has 1 atom stereocenters. The number of nitrogens with zero attached hydrogens (tertiary/aromatic N) is 3. The minimum Gasteiger partial charge on any atom is -0.507 e. The second-order valence-electron chi connectivity index (χ2n) is 9.51. The van der Waals surface area contributed by atoms with Gasteiger partial charge < -0.3 is 19.6 Å². The highest BCUT2D eigenvalue weighted by Gasteiger charge is 2.66. The van der Waals surface area contributed by atoms with Crippen LogP contribution in [0, 0.1) is 5.82 Å². The molecule has 0 aromatic heterocycles. The molecule has 194 valence electrons. The van der Waals surface area contributed by atoms with Crippen LogP contribution in [0.1, 0.15) is 30.9 Å². The van der Waals surface area contributed by atoms with Crippen LogP contribution in [0.4, 0.5) is 10.1 Å². The molecule has 2 amide bonds. The molecule has 0 bridgehead atoms. The summed E-state index contributed by atoms with van der Waals surface area (Å²) in [6, 6.07) is 12.1. The topological polar surface area (TPSA) is 90.4 Å². The lowest BCUT2D eigenvalue weighted by atomic mass is 9.82. The summed E-state index contributed by atoms with van der Waals surface area (Å²) in [5.74, 6) is -3.19. The van der Waals surface area contributed by atoms with Gasteiger partial charge in [-0.15, -0.1) is 0 Å². The van der Waals surface area contributed by atoms with Gasteiger partial charge in [-0.2, -0.15) is 0 Å². The molecule has 9 heteroatoms. The Hall–Kier alpha value is -3.56. The number of ether oxygens (including phenoxy) is 1. The fourth-order valence-electron chi connectivity index (χ4n) is 5.64. The standard InChI is InChI=1S/C28H30FN3O5/c1-2-12-31-22-7-4-3-6-21(22)28(27(31)36)23(24(33)19-8-10-20(29)11-9-19)25(34)26(35)32(28)14-5-13-30-15-17-37-18-16-30/h3-4,6-11,33H,2,5,12-18H2,1H3/t28-/m0/s1. The van der Waals surface area contributed by atoms with Crippen LogP contribution in [0.15, 0.2) is 54.1 Å². The molecule has 1 spiro atoms. The maximum atomic E-state index is 14.3. The highest BCUT2D eigenvalue weighted by molar-refractivity contribution is 6.50. The minimum absolute atomic E-state index is 0.155. The van der Waals surface area contributed by atoms with Gasteiger partial charge in [0.15, 0.2) is 5.54 Å². The molecule has 0 saturated carbocycles. The van der Waals surface area contributed by atoms with Crippen molar-refractivity contribution in [3.05, 3.63) is 71.0 Å². The number of rotatable bonds is 7. The van der Waals surface area contributed by atoms with Gasteiger partial charge in [0.2, 0.25) is 0 Å². The van der Waals surface area contributed by atoms with E-state index in [1.165, 1.54) is 17.0 Å². The summed E-state index contributed by atoms with van der Waals surface area (Å²) >= 11 is 0. The van der Waals surface area contributed by atoms with E-state index in [0.29, 0.717) is 50.4 Å². The number of fused-ring (bicyclic) bond motifs is 2. The van der Waals surface area contributed by atoms with E-state index < -0.39 is 34.7 Å². The zero-order valence-electron chi connectivity index (χ0n) is 20.8. The largest absolute Gasteiger partial charge is 0.507 e. The van der Waals surface area contributed by atoms with Crippen LogP contribution in [0.2, 0.25) is 0 Å². The van der Waals surface area contributed by atoms with Crippen molar-refractivity contribution < 1.29 is 28.6 Å². The zero-order valence-corrected chi connectivity index (χ0v) is 20.8. The van der Waals surface area contributed by atoms with Crippen molar-refractivity contribution >= 4 is 29.0 Å². The van der Waals surface area contributed by atoms with Gasteiger partial charge in [-0.1, -0.05) is 25.1 Å². The van der Waals surface area contributed by atoms with Crippen molar-refractivity contribution in [2.24, 2.45) is 0 Å². The van der Waals surface area contributed by atoms with E-state index in [1.54, 1.807) is 29.2 Å². The quantitative estimate of drug-likeness (QED) is 0.352. The molecule has 1 N–H and O–H groups in total. The summed E-state index contributed by atoms with van der Waals surface area (Å²) in [5, 5.41) is 11.4. The monoisotopic (exact) mass is 507 g/mol. The molecule has 8 nitrogen and oxygen atoms in total. The number of benzene rings is 2. The van der Waals surface area contributed by atoms with Gasteiger partial charge in [-0.05, 0) is 43.2 Å². The Bertz CT molecular complexity index is 1250. The third kappa shape index (κ3) is 4.02. The first kappa shape index (κ1) is 25.1. The Labute approximate surface area is 214 Å². The van der Waals surface area contributed by atoms with Gasteiger partial charge >= 0.3 is 0 Å². The number of aliphatic hydroxyl groups excluding tert-OH is 1. The highest BCUT2D eigenvalue weighted by Crippen LogP contribution is 2.53. The molecule has 2 saturated heterocycles. The van der Waals surface area contributed by atoms with Crippen molar-refractivity contribution in [3.8, 4) is 0 Å². The van der Waals surface area contributed by atoms with Gasteiger partial charge in [-0.3, -0.25) is 19.3 Å². The highest BCUT2D eigenvalue weighted by atomic mass is 19.1. The summed E-state index contributed by atoms with van der Waals surface area (Å²) in [4.78, 5) is 46.5. The van der Waals surface area contributed by atoms with E-state index in [9.17, 15) is 23.9 Å². The Morgan fingerprint density at radius 1 is 1.00 bits per heavy atom. The first-order valence-corrected chi connectivity index (χ1v) is 12.7. The van der Waals surface area contributed by atoms with E-state index in [4.69, 9.17) is 4.74 Å². The number of anilines is 1. The molecule has 0 unspecified atom stereocenters. The molecule has 37 heavy (non-hydrogen) atoms. The average Bonchev–Trinajstić information content (AvgIpc) is 3.28. The number of ketones is 1. The number of aliphatic hydroxyl groups is 1. The molecule has 3 heterocycles. The van der Waals surface area contributed by atoms with Gasteiger partial charge in [0.05, 0.1) is 24.5 Å². The number of likely N-dealkylation sites (tertiary alicyclic amines) is 1. The third-order valence-corrected chi connectivity index (χ3v) is 7.33. The predicted octanol–water partition coefficient (Wildman–Crippen LogP) is 2.88. The Morgan fingerprint density at radius 3 is 2.41 bits per heavy atom. The normalized spacial score (nSPS) is 23.4. The van der Waals surface area contributed by atoms with Crippen molar-refractivity contribution in [3.63, 3.8) is 0 Å². The van der Waals surface area contributed by atoms with Crippen LogP contribution in [0.25, 0.3) is 5.76 Å². The van der Waals surface area contributed by atoms with Crippen molar-refractivity contribution in [1.29, 1.82) is 0 Å². The lowest BCUT2D eigenvalue weighted by molar-refractivity contribution is -0.143. The smallest absolute Gasteiger partial charge is 0.296 e. The molecule has 2 fully saturated rings. The van der Waals surface area contributed by atoms with Gasteiger partial charge in [0, 0.05) is 43.9 Å². The van der Waals surface area contributed by atoms with Crippen LogP contribution in [0.3, 0.4) is 0 Å². The summed E-state index contributed by atoms with van der Waals surface area (Å²) < 4.78 is 19.0. The Kier molecular flexibility index (Phi) is 6.83. The zero-order chi connectivity index (χ0) is 26.2. The first-order chi connectivity index (χ1) is 17.9. The SMILES string of the molecule is CCCN1C(=O)[C@@]2(C(=C(O)c3ccc(F)cc3)C(=O)C(=O)N2CCCN2CCOCC2)c2ccccc21. The van der Waals surface area contributed by atoms with Crippen LogP contribution < -0.4 is 4.90 Å². The molecule has 3 aliphatic heterocycles. The number of para-hydroxylation sites is 1. The fourth-order valence-corrected chi connectivity index (χ4v) is 5.64. The fraction of sp³-hybridized carbons (Fsp3) is 0.393. The van der Waals surface area contributed by atoms with Crippen LogP contribution >= 0.6 is 0 Å². The number of halogens is 1. The number of morpholine rings is 1. The molecule has 0 aliphatic carbocycles. The maximum Gasteiger partial charge on any atom is 0.296 e. The summed E-state index contributed by atoms with van der Waals surface area (Å²) in [5.41, 5.74) is -0.802. The average molecular weight is 508 g/mol. The summed E-state index contributed by atoms with van der Waals surface area (Å²) in [6.07, 6.45) is 1.20. The van der Waals surface area contributed by atoms with E-state index in [1.807, 2.05) is 6.92 Å². The number of Topliss-reactive ketones (excluding diaryl/α,β-unsaturated/α-hetero) is 1. The lowest BCUT2D eigenvalue weighted by Crippen LogP contribution is -2.52. The van der Waals surface area contributed by atoms with Crippen molar-refractivity contribution in [2.45, 2.75) is 25.3 Å². The molecule has 2 aromatic carbocycles. The third-order valence-electron chi connectivity index (χ3n) is 7.33. The van der Waals surface area contributed by atoms with E-state index in [0.717, 1.165) is 25.2 Å². The minimum atomic E-state index is -1.79. The van der Waals surface area contributed by atoms with Crippen LogP contribution in [-0.4, -0.2) is 78.4 Å². The van der Waals surface area contributed by atoms with Gasteiger partial charge in [-0.25, -0.2) is 4.39 Å². The van der Waals surface area contributed by atoms with E-state index in [2.05, 4.69) is 4.90 Å². The second-order valence-corrected chi connectivity index (χ2v) is 9.51. The molecule has 2 aromatic rings. The van der Waals surface area contributed by atoms with E-state index in [-0.39, 0.29) is 17.7 Å². The number of carbonyl (C=O) groups is 3. The second kappa shape index (κ2) is 10.1. The van der Waals surface area contributed by atoms with Gasteiger partial charge in [0.1, 0.15) is 11.6 Å². The molecular formula is C28H30FN3O5. The number of hydrogen-bond donors (Lipinski definition) is 1. The van der Waals surface area contributed by atoms with E-state index >= 15 is 0 Å². The first-order valence-electron chi connectivity index (χ1n) is 12.7. The molecule has 5 rings (SSSR count). The molecular weight excluding hydrogens is 477 g/mol. The molecule has 3 aliphatic rings. The van der Waals surface area contributed by atoms with Crippen LogP contribution in [0.5, 0.6) is 0 Å². The maximum absolute atomic E-state index is 14.3. The Balaban J connectivity index is 1.64.